The number of rotatable bonds is 8. The van der Waals surface area contributed by atoms with Gasteiger partial charge in [-0.15, -0.1) is 0 Å². The van der Waals surface area contributed by atoms with Crippen molar-refractivity contribution in [2.75, 3.05) is 57.4 Å². The topological polar surface area (TPSA) is 52.1 Å². The Kier molecular flexibility index (Phi) is 9.09. The highest BCUT2D eigenvalue weighted by Crippen LogP contribution is 2.19. The minimum absolute atomic E-state index is 0.694. The predicted octanol–water partition coefficient (Wildman–Crippen LogP) is 2.84. The number of anilines is 1. The van der Waals surface area contributed by atoms with Gasteiger partial charge in [0.15, 0.2) is 5.96 Å². The monoisotopic (exact) mass is 401 g/mol. The number of hydrogen-bond acceptors (Lipinski definition) is 4. The summed E-state index contributed by atoms with van der Waals surface area (Å²) in [5.41, 5.74) is 2.51. The molecule has 0 spiro atoms. The SMILES string of the molecule is CCNC(=NCc1ccc(N2CCOCC2)cc1)NCCN1CCCCC1CC. The Morgan fingerprint density at radius 2 is 1.86 bits per heavy atom. The van der Waals surface area contributed by atoms with Crippen molar-refractivity contribution in [3.8, 4) is 0 Å². The van der Waals surface area contributed by atoms with E-state index in [2.05, 4.69) is 58.5 Å². The maximum atomic E-state index is 5.44. The third-order valence-electron chi connectivity index (χ3n) is 5.99. The van der Waals surface area contributed by atoms with Gasteiger partial charge in [-0.2, -0.15) is 0 Å². The van der Waals surface area contributed by atoms with Crippen molar-refractivity contribution in [1.29, 1.82) is 0 Å². The number of ether oxygens (including phenoxy) is 1. The lowest BCUT2D eigenvalue weighted by Crippen LogP contribution is -2.45. The zero-order valence-corrected chi connectivity index (χ0v) is 18.3. The summed E-state index contributed by atoms with van der Waals surface area (Å²) < 4.78 is 5.44. The first-order chi connectivity index (χ1) is 14.3. The maximum Gasteiger partial charge on any atom is 0.191 e. The standard InChI is InChI=1S/C23H39N5O/c1-3-21-7-5-6-13-27(21)14-12-25-23(24-4-2)26-19-20-8-10-22(11-9-20)28-15-17-29-18-16-28/h8-11,21H,3-7,12-19H2,1-2H3,(H2,24,25,26). The number of guanidine groups is 1. The number of aliphatic imine (C=N–C) groups is 1. The van der Waals surface area contributed by atoms with Crippen LogP contribution in [0.1, 0.15) is 45.1 Å². The van der Waals surface area contributed by atoms with Gasteiger partial charge in [-0.3, -0.25) is 4.90 Å². The molecule has 2 saturated heterocycles. The quantitative estimate of drug-likeness (QED) is 0.518. The summed E-state index contributed by atoms with van der Waals surface area (Å²) in [5, 5.41) is 6.90. The van der Waals surface area contributed by atoms with Crippen LogP contribution in [0.15, 0.2) is 29.3 Å². The van der Waals surface area contributed by atoms with E-state index in [9.17, 15) is 0 Å². The normalized spacial score (nSPS) is 21.2. The van der Waals surface area contributed by atoms with Crippen LogP contribution in [0.4, 0.5) is 5.69 Å². The van der Waals surface area contributed by atoms with Crippen LogP contribution in [0.25, 0.3) is 0 Å². The van der Waals surface area contributed by atoms with E-state index in [-0.39, 0.29) is 0 Å². The highest BCUT2D eigenvalue weighted by atomic mass is 16.5. The lowest BCUT2D eigenvalue weighted by molar-refractivity contribution is 0.122. The van der Waals surface area contributed by atoms with Crippen LogP contribution in [-0.4, -0.2) is 69.4 Å². The molecular weight excluding hydrogens is 362 g/mol. The molecule has 0 radical (unpaired) electrons. The molecule has 2 aliphatic heterocycles. The molecule has 1 aromatic carbocycles. The molecule has 3 rings (SSSR count). The summed E-state index contributed by atoms with van der Waals surface area (Å²) in [4.78, 5) is 9.81. The molecule has 0 bridgehead atoms. The summed E-state index contributed by atoms with van der Waals surface area (Å²) in [6.45, 7) is 12.9. The zero-order chi connectivity index (χ0) is 20.3. The summed E-state index contributed by atoms with van der Waals surface area (Å²) in [6.07, 6.45) is 5.33. The second-order valence-electron chi connectivity index (χ2n) is 7.98. The smallest absolute Gasteiger partial charge is 0.191 e. The van der Waals surface area contributed by atoms with E-state index >= 15 is 0 Å². The second-order valence-corrected chi connectivity index (χ2v) is 7.98. The number of hydrogen-bond donors (Lipinski definition) is 2. The van der Waals surface area contributed by atoms with Crippen LogP contribution in [0, 0.1) is 0 Å². The van der Waals surface area contributed by atoms with Crippen LogP contribution in [-0.2, 0) is 11.3 Å². The summed E-state index contributed by atoms with van der Waals surface area (Å²) >= 11 is 0. The van der Waals surface area contributed by atoms with Crippen molar-refractivity contribution in [2.24, 2.45) is 4.99 Å². The number of nitrogens with one attached hydrogen (secondary N) is 2. The lowest BCUT2D eigenvalue weighted by atomic mass is 10.0. The van der Waals surface area contributed by atoms with E-state index < -0.39 is 0 Å². The van der Waals surface area contributed by atoms with Crippen LogP contribution in [0.5, 0.6) is 0 Å². The Bertz CT molecular complexity index is 612. The highest BCUT2D eigenvalue weighted by Gasteiger charge is 2.20. The molecule has 2 aliphatic rings. The molecule has 1 unspecified atom stereocenters. The van der Waals surface area contributed by atoms with E-state index in [1.54, 1.807) is 0 Å². The number of piperidine rings is 1. The van der Waals surface area contributed by atoms with Crippen molar-refractivity contribution in [2.45, 2.75) is 52.1 Å². The van der Waals surface area contributed by atoms with Crippen LogP contribution in [0.2, 0.25) is 0 Å². The van der Waals surface area contributed by atoms with Gasteiger partial charge in [0.2, 0.25) is 0 Å². The highest BCUT2D eigenvalue weighted by molar-refractivity contribution is 5.79. The molecule has 2 N–H and O–H groups in total. The molecule has 6 nitrogen and oxygen atoms in total. The molecule has 1 aromatic rings. The fourth-order valence-electron chi connectivity index (χ4n) is 4.28. The van der Waals surface area contributed by atoms with Gasteiger partial charge in [0.05, 0.1) is 19.8 Å². The van der Waals surface area contributed by atoms with E-state index in [1.807, 2.05) is 0 Å². The molecule has 6 heteroatoms. The number of nitrogens with zero attached hydrogens (tertiary/aromatic N) is 3. The molecule has 29 heavy (non-hydrogen) atoms. The molecule has 2 heterocycles. The van der Waals surface area contributed by atoms with E-state index in [1.165, 1.54) is 43.5 Å². The number of morpholine rings is 1. The lowest BCUT2D eigenvalue weighted by Gasteiger charge is -2.35. The molecular formula is C23H39N5O. The van der Waals surface area contributed by atoms with E-state index in [4.69, 9.17) is 9.73 Å². The average molecular weight is 402 g/mol. The first-order valence-corrected chi connectivity index (χ1v) is 11.5. The fraction of sp³-hybridized carbons (Fsp3) is 0.696. The third kappa shape index (κ3) is 6.89. The van der Waals surface area contributed by atoms with Gasteiger partial charge in [-0.1, -0.05) is 25.5 Å². The van der Waals surface area contributed by atoms with Crippen molar-refractivity contribution < 1.29 is 4.74 Å². The maximum absolute atomic E-state index is 5.44. The third-order valence-corrected chi connectivity index (χ3v) is 5.99. The van der Waals surface area contributed by atoms with Gasteiger partial charge < -0.3 is 20.3 Å². The fourth-order valence-corrected chi connectivity index (χ4v) is 4.28. The Hall–Kier alpha value is -1.79. The first-order valence-electron chi connectivity index (χ1n) is 11.5. The van der Waals surface area contributed by atoms with Gasteiger partial charge in [0.25, 0.3) is 0 Å². The molecule has 1 atom stereocenters. The summed E-state index contributed by atoms with van der Waals surface area (Å²) in [5.74, 6) is 0.912. The van der Waals surface area contributed by atoms with Crippen LogP contribution >= 0.6 is 0 Å². The summed E-state index contributed by atoms with van der Waals surface area (Å²) in [6, 6.07) is 9.56. The average Bonchev–Trinajstić information content (AvgIpc) is 2.78. The molecule has 0 amide bonds. The van der Waals surface area contributed by atoms with Crippen molar-refractivity contribution in [3.63, 3.8) is 0 Å². The molecule has 162 valence electrons. The van der Waals surface area contributed by atoms with Crippen LogP contribution < -0.4 is 15.5 Å². The predicted molar refractivity (Wildman–Crippen MR) is 122 cm³/mol. The molecule has 0 aliphatic carbocycles. The minimum Gasteiger partial charge on any atom is -0.378 e. The summed E-state index contributed by atoms with van der Waals surface area (Å²) in [7, 11) is 0. The Labute approximate surface area is 176 Å². The Balaban J connectivity index is 1.48. The number of benzene rings is 1. The van der Waals surface area contributed by atoms with Crippen LogP contribution in [0.3, 0.4) is 0 Å². The van der Waals surface area contributed by atoms with Gasteiger partial charge in [0.1, 0.15) is 0 Å². The van der Waals surface area contributed by atoms with Crippen molar-refractivity contribution >= 4 is 11.6 Å². The molecule has 2 fully saturated rings. The zero-order valence-electron chi connectivity index (χ0n) is 18.3. The Morgan fingerprint density at radius 1 is 1.07 bits per heavy atom. The molecule has 0 saturated carbocycles. The first kappa shape index (κ1) is 21.9. The van der Waals surface area contributed by atoms with Gasteiger partial charge in [-0.05, 0) is 50.4 Å². The van der Waals surface area contributed by atoms with Crippen molar-refractivity contribution in [1.82, 2.24) is 15.5 Å². The van der Waals surface area contributed by atoms with E-state index in [0.29, 0.717) is 6.54 Å². The second kappa shape index (κ2) is 12.0. The van der Waals surface area contributed by atoms with Gasteiger partial charge >= 0.3 is 0 Å². The Morgan fingerprint density at radius 3 is 2.59 bits per heavy atom. The number of likely N-dealkylation sites (tertiary alicyclic amines) is 1. The molecule has 0 aromatic heterocycles. The van der Waals surface area contributed by atoms with Gasteiger partial charge in [-0.25, -0.2) is 4.99 Å². The van der Waals surface area contributed by atoms with E-state index in [0.717, 1.165) is 57.9 Å². The van der Waals surface area contributed by atoms with Crippen molar-refractivity contribution in [3.05, 3.63) is 29.8 Å². The minimum atomic E-state index is 0.694. The van der Waals surface area contributed by atoms with Gasteiger partial charge in [0, 0.05) is 44.5 Å². The largest absolute Gasteiger partial charge is 0.378 e.